The van der Waals surface area contributed by atoms with Crippen LogP contribution in [-0.2, 0) is 11.3 Å². The van der Waals surface area contributed by atoms with E-state index in [0.717, 1.165) is 6.54 Å². The average Bonchev–Trinajstić information content (AvgIpc) is 2.38. The van der Waals surface area contributed by atoms with Crippen LogP contribution in [0, 0.1) is 5.92 Å². The number of carboxylic acid groups (broad SMARTS) is 1. The van der Waals surface area contributed by atoms with Gasteiger partial charge in [-0.25, -0.2) is 0 Å². The van der Waals surface area contributed by atoms with Gasteiger partial charge in [-0.15, -0.1) is 0 Å². The van der Waals surface area contributed by atoms with Gasteiger partial charge in [0.2, 0.25) is 0 Å². The van der Waals surface area contributed by atoms with Gasteiger partial charge in [-0.2, -0.15) is 0 Å². The molecule has 0 aromatic heterocycles. The number of benzene rings is 2. The Balaban J connectivity index is 2.06. The maximum Gasteiger partial charge on any atom is 0.307 e. The van der Waals surface area contributed by atoms with E-state index in [9.17, 15) is 4.79 Å². The van der Waals surface area contributed by atoms with E-state index in [0.29, 0.717) is 6.54 Å². The van der Waals surface area contributed by atoms with Crippen LogP contribution in [0.2, 0.25) is 0 Å². The highest BCUT2D eigenvalue weighted by atomic mass is 16.4. The molecule has 2 aromatic rings. The largest absolute Gasteiger partial charge is 0.481 e. The van der Waals surface area contributed by atoms with Crippen LogP contribution < -0.4 is 0 Å². The van der Waals surface area contributed by atoms with Crippen molar-refractivity contribution in [2.24, 2.45) is 5.92 Å². The summed E-state index contributed by atoms with van der Waals surface area (Å²) in [7, 11) is 1.95. The lowest BCUT2D eigenvalue weighted by Gasteiger charge is -2.19. The summed E-state index contributed by atoms with van der Waals surface area (Å²) in [6.07, 6.45) is 0. The van der Waals surface area contributed by atoms with Crippen molar-refractivity contribution in [3.63, 3.8) is 0 Å². The molecule has 0 aliphatic heterocycles. The summed E-state index contributed by atoms with van der Waals surface area (Å²) in [5, 5.41) is 11.4. The number of hydrogen-bond acceptors (Lipinski definition) is 2. The molecule has 19 heavy (non-hydrogen) atoms. The molecule has 3 nitrogen and oxygen atoms in total. The Kier molecular flexibility index (Phi) is 4.17. The molecule has 2 rings (SSSR count). The molecule has 1 unspecified atom stereocenters. The summed E-state index contributed by atoms with van der Waals surface area (Å²) in [4.78, 5) is 12.9. The molecule has 0 spiro atoms. The van der Waals surface area contributed by atoms with Gasteiger partial charge < -0.3 is 10.0 Å². The standard InChI is InChI=1S/C16H19NO2/c1-12(16(18)19)10-17(2)11-13-7-8-14-5-3-4-6-15(14)9-13/h3-9,12H,10-11H2,1-2H3,(H,18,19). The summed E-state index contributed by atoms with van der Waals surface area (Å²) in [6.45, 7) is 3.06. The van der Waals surface area contributed by atoms with Crippen LogP contribution in [-0.4, -0.2) is 29.6 Å². The summed E-state index contributed by atoms with van der Waals surface area (Å²) >= 11 is 0. The third kappa shape index (κ3) is 3.55. The van der Waals surface area contributed by atoms with Crippen molar-refractivity contribution >= 4 is 16.7 Å². The van der Waals surface area contributed by atoms with Crippen molar-refractivity contribution in [3.05, 3.63) is 48.0 Å². The highest BCUT2D eigenvalue weighted by Crippen LogP contribution is 2.16. The highest BCUT2D eigenvalue weighted by Gasteiger charge is 2.13. The van der Waals surface area contributed by atoms with Crippen LogP contribution in [0.4, 0.5) is 0 Å². The summed E-state index contributed by atoms with van der Waals surface area (Å²) in [5.74, 6) is -1.09. The number of aliphatic carboxylic acids is 1. The zero-order chi connectivity index (χ0) is 13.8. The maximum absolute atomic E-state index is 10.8. The molecule has 0 bridgehead atoms. The van der Waals surface area contributed by atoms with Crippen LogP contribution in [0.25, 0.3) is 10.8 Å². The van der Waals surface area contributed by atoms with Crippen LogP contribution in [0.15, 0.2) is 42.5 Å². The van der Waals surface area contributed by atoms with E-state index in [1.54, 1.807) is 6.92 Å². The second-order valence-corrected chi connectivity index (χ2v) is 5.12. The van der Waals surface area contributed by atoms with Crippen LogP contribution in [0.1, 0.15) is 12.5 Å². The molecular formula is C16H19NO2. The average molecular weight is 257 g/mol. The second kappa shape index (κ2) is 5.85. The molecule has 0 saturated carbocycles. The number of carboxylic acids is 1. The Labute approximate surface area is 113 Å². The minimum atomic E-state index is -0.745. The predicted octanol–water partition coefficient (Wildman–Crippen LogP) is 2.99. The Morgan fingerprint density at radius 3 is 2.58 bits per heavy atom. The minimum absolute atomic E-state index is 0.342. The van der Waals surface area contributed by atoms with Crippen molar-refractivity contribution in [2.45, 2.75) is 13.5 Å². The number of carbonyl (C=O) groups is 1. The molecule has 0 aliphatic carbocycles. The molecule has 1 atom stereocenters. The van der Waals surface area contributed by atoms with E-state index < -0.39 is 5.97 Å². The van der Waals surface area contributed by atoms with E-state index in [1.807, 2.05) is 24.1 Å². The van der Waals surface area contributed by atoms with E-state index in [4.69, 9.17) is 5.11 Å². The molecule has 0 saturated heterocycles. The number of rotatable bonds is 5. The lowest BCUT2D eigenvalue weighted by molar-refractivity contribution is -0.141. The molecule has 0 radical (unpaired) electrons. The van der Waals surface area contributed by atoms with Gasteiger partial charge in [0.1, 0.15) is 0 Å². The molecule has 100 valence electrons. The van der Waals surface area contributed by atoms with E-state index in [1.165, 1.54) is 16.3 Å². The number of fused-ring (bicyclic) bond motifs is 1. The quantitative estimate of drug-likeness (QED) is 0.895. The topological polar surface area (TPSA) is 40.5 Å². The fourth-order valence-corrected chi connectivity index (χ4v) is 2.26. The van der Waals surface area contributed by atoms with Crippen molar-refractivity contribution in [1.29, 1.82) is 0 Å². The molecule has 0 amide bonds. The maximum atomic E-state index is 10.8. The first kappa shape index (κ1) is 13.6. The van der Waals surface area contributed by atoms with E-state index >= 15 is 0 Å². The smallest absolute Gasteiger partial charge is 0.307 e. The lowest BCUT2D eigenvalue weighted by Crippen LogP contribution is -2.28. The Morgan fingerprint density at radius 2 is 1.89 bits per heavy atom. The molecule has 0 aliphatic rings. The zero-order valence-corrected chi connectivity index (χ0v) is 11.3. The third-order valence-corrected chi connectivity index (χ3v) is 3.27. The normalized spacial score (nSPS) is 12.8. The Bertz CT molecular complexity index is 580. The SMILES string of the molecule is CC(CN(C)Cc1ccc2ccccc2c1)C(=O)O. The second-order valence-electron chi connectivity index (χ2n) is 5.12. The zero-order valence-electron chi connectivity index (χ0n) is 11.3. The van der Waals surface area contributed by atoms with E-state index in [-0.39, 0.29) is 5.92 Å². The Morgan fingerprint density at radius 1 is 1.21 bits per heavy atom. The van der Waals surface area contributed by atoms with Crippen molar-refractivity contribution in [1.82, 2.24) is 4.90 Å². The van der Waals surface area contributed by atoms with Crippen molar-refractivity contribution in [3.8, 4) is 0 Å². The fraction of sp³-hybridized carbons (Fsp3) is 0.312. The minimum Gasteiger partial charge on any atom is -0.481 e. The predicted molar refractivity (Wildman–Crippen MR) is 77.1 cm³/mol. The van der Waals surface area contributed by atoms with Gasteiger partial charge >= 0.3 is 5.97 Å². The third-order valence-electron chi connectivity index (χ3n) is 3.27. The first-order valence-corrected chi connectivity index (χ1v) is 6.45. The van der Waals surface area contributed by atoms with Gasteiger partial charge in [-0.05, 0) is 29.4 Å². The van der Waals surface area contributed by atoms with Crippen molar-refractivity contribution < 1.29 is 9.90 Å². The monoisotopic (exact) mass is 257 g/mol. The lowest BCUT2D eigenvalue weighted by atomic mass is 10.1. The fourth-order valence-electron chi connectivity index (χ4n) is 2.26. The van der Waals surface area contributed by atoms with Gasteiger partial charge in [0.25, 0.3) is 0 Å². The summed E-state index contributed by atoms with van der Waals surface area (Å²) in [6, 6.07) is 14.6. The van der Waals surface area contributed by atoms with Crippen LogP contribution in [0.3, 0.4) is 0 Å². The van der Waals surface area contributed by atoms with Gasteiger partial charge in [-0.1, -0.05) is 43.3 Å². The number of hydrogen-bond donors (Lipinski definition) is 1. The van der Waals surface area contributed by atoms with Gasteiger partial charge in [-0.3, -0.25) is 4.79 Å². The molecule has 0 heterocycles. The van der Waals surface area contributed by atoms with Gasteiger partial charge in [0, 0.05) is 13.1 Å². The van der Waals surface area contributed by atoms with Gasteiger partial charge in [0.15, 0.2) is 0 Å². The number of nitrogens with zero attached hydrogens (tertiary/aromatic N) is 1. The van der Waals surface area contributed by atoms with Crippen molar-refractivity contribution in [2.75, 3.05) is 13.6 Å². The highest BCUT2D eigenvalue weighted by molar-refractivity contribution is 5.82. The molecular weight excluding hydrogens is 238 g/mol. The first-order chi connectivity index (χ1) is 9.06. The van der Waals surface area contributed by atoms with Crippen LogP contribution in [0.5, 0.6) is 0 Å². The molecule has 1 N–H and O–H groups in total. The molecule has 2 aromatic carbocycles. The van der Waals surface area contributed by atoms with Crippen LogP contribution >= 0.6 is 0 Å². The summed E-state index contributed by atoms with van der Waals surface area (Å²) in [5.41, 5.74) is 1.21. The molecule has 0 fully saturated rings. The van der Waals surface area contributed by atoms with E-state index in [2.05, 4.69) is 30.3 Å². The first-order valence-electron chi connectivity index (χ1n) is 6.45. The summed E-state index contributed by atoms with van der Waals surface area (Å²) < 4.78 is 0. The van der Waals surface area contributed by atoms with Gasteiger partial charge in [0.05, 0.1) is 5.92 Å². The Hall–Kier alpha value is -1.87. The molecule has 3 heteroatoms.